The highest BCUT2D eigenvalue weighted by Gasteiger charge is 2.20. The number of rotatable bonds is 4. The van der Waals surface area contributed by atoms with Crippen LogP contribution < -0.4 is 5.73 Å². The number of carbonyl (C=O) groups is 1. The normalized spacial score (nSPS) is 19.2. The second-order valence-electron chi connectivity index (χ2n) is 4.93. The fourth-order valence-electron chi connectivity index (χ4n) is 2.21. The van der Waals surface area contributed by atoms with Crippen LogP contribution in [0, 0.1) is 0 Å². The number of nitrogens with zero attached hydrogens (tertiary/aromatic N) is 2. The molecule has 1 atom stereocenters. The van der Waals surface area contributed by atoms with Gasteiger partial charge in [0.25, 0.3) is 5.91 Å². The summed E-state index contributed by atoms with van der Waals surface area (Å²) >= 11 is 0. The molecule has 1 saturated heterocycles. The lowest BCUT2D eigenvalue weighted by atomic mass is 10.1. The molecular formula is C14H21N3O2. The third-order valence-corrected chi connectivity index (χ3v) is 3.38. The van der Waals surface area contributed by atoms with E-state index in [0.29, 0.717) is 18.8 Å². The Bertz CT molecular complexity index is 413. The van der Waals surface area contributed by atoms with Crippen molar-refractivity contribution >= 4 is 5.91 Å². The predicted octanol–water partition coefficient (Wildman–Crippen LogP) is 1.18. The van der Waals surface area contributed by atoms with Crippen molar-refractivity contribution in [3.8, 4) is 0 Å². The van der Waals surface area contributed by atoms with E-state index in [1.165, 1.54) is 6.42 Å². The van der Waals surface area contributed by atoms with Crippen LogP contribution >= 0.6 is 0 Å². The third-order valence-electron chi connectivity index (χ3n) is 3.38. The molecule has 1 fully saturated rings. The van der Waals surface area contributed by atoms with Crippen LogP contribution in [-0.4, -0.2) is 42.1 Å². The average Bonchev–Trinajstić information content (AvgIpc) is 2.47. The fraction of sp³-hybridized carbons (Fsp3) is 0.571. The van der Waals surface area contributed by atoms with Gasteiger partial charge in [-0.25, -0.2) is 0 Å². The second kappa shape index (κ2) is 6.63. The van der Waals surface area contributed by atoms with Gasteiger partial charge >= 0.3 is 0 Å². The summed E-state index contributed by atoms with van der Waals surface area (Å²) in [7, 11) is 1.79. The quantitative estimate of drug-likeness (QED) is 0.885. The highest BCUT2D eigenvalue weighted by Crippen LogP contribution is 2.14. The summed E-state index contributed by atoms with van der Waals surface area (Å²) in [6.07, 6.45) is 5.13. The SMILES string of the molecule is CN(CC1CCCCO1)C(=O)c1ccc(CN)cn1. The Morgan fingerprint density at radius 1 is 1.53 bits per heavy atom. The first-order chi connectivity index (χ1) is 9.20. The van der Waals surface area contributed by atoms with E-state index in [9.17, 15) is 4.79 Å². The predicted molar refractivity (Wildman–Crippen MR) is 72.7 cm³/mol. The topological polar surface area (TPSA) is 68.5 Å². The van der Waals surface area contributed by atoms with Gasteiger partial charge in [-0.15, -0.1) is 0 Å². The van der Waals surface area contributed by atoms with E-state index in [0.717, 1.165) is 25.0 Å². The Labute approximate surface area is 113 Å². The maximum absolute atomic E-state index is 12.2. The first-order valence-corrected chi connectivity index (χ1v) is 6.73. The van der Waals surface area contributed by atoms with Crippen LogP contribution in [0.3, 0.4) is 0 Å². The van der Waals surface area contributed by atoms with E-state index in [2.05, 4.69) is 4.98 Å². The number of hydrogen-bond acceptors (Lipinski definition) is 4. The van der Waals surface area contributed by atoms with Gasteiger partial charge in [-0.05, 0) is 30.9 Å². The van der Waals surface area contributed by atoms with Crippen LogP contribution in [0.2, 0.25) is 0 Å². The Morgan fingerprint density at radius 3 is 2.95 bits per heavy atom. The van der Waals surface area contributed by atoms with Crippen LogP contribution in [0.25, 0.3) is 0 Å². The van der Waals surface area contributed by atoms with Crippen molar-refractivity contribution < 1.29 is 9.53 Å². The maximum atomic E-state index is 12.2. The summed E-state index contributed by atoms with van der Waals surface area (Å²) in [5, 5.41) is 0. The van der Waals surface area contributed by atoms with E-state index in [4.69, 9.17) is 10.5 Å². The lowest BCUT2D eigenvalue weighted by Gasteiger charge is -2.27. The maximum Gasteiger partial charge on any atom is 0.272 e. The van der Waals surface area contributed by atoms with Crippen molar-refractivity contribution in [1.29, 1.82) is 0 Å². The zero-order valence-corrected chi connectivity index (χ0v) is 11.3. The second-order valence-corrected chi connectivity index (χ2v) is 4.93. The van der Waals surface area contributed by atoms with Crippen LogP contribution in [0.4, 0.5) is 0 Å². The molecule has 2 N–H and O–H groups in total. The number of pyridine rings is 1. The van der Waals surface area contributed by atoms with Crippen LogP contribution in [0.1, 0.15) is 35.3 Å². The summed E-state index contributed by atoms with van der Waals surface area (Å²) in [5.74, 6) is -0.0715. The third kappa shape index (κ3) is 3.75. The Hall–Kier alpha value is -1.46. The smallest absolute Gasteiger partial charge is 0.272 e. The van der Waals surface area contributed by atoms with Crippen LogP contribution in [0.15, 0.2) is 18.3 Å². The number of carbonyl (C=O) groups excluding carboxylic acids is 1. The lowest BCUT2D eigenvalue weighted by molar-refractivity contribution is -0.000290. The minimum Gasteiger partial charge on any atom is -0.376 e. The van der Waals surface area contributed by atoms with Crippen molar-refractivity contribution in [3.63, 3.8) is 0 Å². The minimum atomic E-state index is -0.0715. The summed E-state index contributed by atoms with van der Waals surface area (Å²) in [6, 6.07) is 3.56. The Kier molecular flexibility index (Phi) is 4.87. The van der Waals surface area contributed by atoms with Crippen molar-refractivity contribution in [3.05, 3.63) is 29.6 Å². The first kappa shape index (κ1) is 14.0. The van der Waals surface area contributed by atoms with Crippen molar-refractivity contribution in [2.75, 3.05) is 20.2 Å². The molecule has 0 spiro atoms. The molecule has 0 aliphatic carbocycles. The van der Waals surface area contributed by atoms with Gasteiger partial charge in [0.15, 0.2) is 0 Å². The highest BCUT2D eigenvalue weighted by molar-refractivity contribution is 5.92. The molecule has 1 aromatic rings. The van der Waals surface area contributed by atoms with Gasteiger partial charge in [-0.1, -0.05) is 6.07 Å². The molecule has 0 aromatic carbocycles. The molecule has 0 bridgehead atoms. The number of amides is 1. The van der Waals surface area contributed by atoms with Gasteiger partial charge in [0, 0.05) is 32.9 Å². The standard InChI is InChI=1S/C14H21N3O2/c1-17(10-12-4-2-3-7-19-12)14(18)13-6-5-11(8-15)9-16-13/h5-6,9,12H,2-4,7-8,10,15H2,1H3. The molecule has 2 heterocycles. The zero-order valence-electron chi connectivity index (χ0n) is 11.3. The van der Waals surface area contributed by atoms with Gasteiger partial charge in [-0.3, -0.25) is 9.78 Å². The average molecular weight is 263 g/mol. The fourth-order valence-corrected chi connectivity index (χ4v) is 2.21. The van der Waals surface area contributed by atoms with Gasteiger partial charge in [0.05, 0.1) is 6.10 Å². The number of hydrogen-bond donors (Lipinski definition) is 1. The molecule has 5 nitrogen and oxygen atoms in total. The molecule has 2 rings (SSSR count). The molecular weight excluding hydrogens is 242 g/mol. The molecule has 1 aromatic heterocycles. The summed E-state index contributed by atoms with van der Waals surface area (Å²) in [4.78, 5) is 18.0. The number of nitrogens with two attached hydrogens (primary N) is 1. The molecule has 0 radical (unpaired) electrons. The van der Waals surface area contributed by atoms with Crippen molar-refractivity contribution in [2.24, 2.45) is 5.73 Å². The van der Waals surface area contributed by atoms with Gasteiger partial charge in [-0.2, -0.15) is 0 Å². The van der Waals surface area contributed by atoms with Crippen molar-refractivity contribution in [1.82, 2.24) is 9.88 Å². The number of aromatic nitrogens is 1. The molecule has 5 heteroatoms. The first-order valence-electron chi connectivity index (χ1n) is 6.73. The molecule has 1 amide bonds. The van der Waals surface area contributed by atoms with E-state index < -0.39 is 0 Å². The summed E-state index contributed by atoms with van der Waals surface area (Å²) in [6.45, 7) is 1.86. The number of likely N-dealkylation sites (N-methyl/N-ethyl adjacent to an activating group) is 1. The molecule has 1 aliphatic rings. The van der Waals surface area contributed by atoms with E-state index >= 15 is 0 Å². The molecule has 0 saturated carbocycles. The van der Waals surface area contributed by atoms with E-state index in [1.54, 1.807) is 24.2 Å². The van der Waals surface area contributed by atoms with Gasteiger partial charge in [0.2, 0.25) is 0 Å². The van der Waals surface area contributed by atoms with Crippen LogP contribution in [-0.2, 0) is 11.3 Å². The van der Waals surface area contributed by atoms with Gasteiger partial charge < -0.3 is 15.4 Å². The lowest BCUT2D eigenvalue weighted by Crippen LogP contribution is -2.37. The largest absolute Gasteiger partial charge is 0.376 e. The number of ether oxygens (including phenoxy) is 1. The zero-order chi connectivity index (χ0) is 13.7. The molecule has 1 aliphatic heterocycles. The van der Waals surface area contributed by atoms with Gasteiger partial charge in [0.1, 0.15) is 5.69 Å². The Morgan fingerprint density at radius 2 is 2.37 bits per heavy atom. The molecule has 19 heavy (non-hydrogen) atoms. The monoisotopic (exact) mass is 263 g/mol. The summed E-state index contributed by atoms with van der Waals surface area (Å²) < 4.78 is 5.64. The minimum absolute atomic E-state index is 0.0715. The Balaban J connectivity index is 1.93. The molecule has 104 valence electrons. The highest BCUT2D eigenvalue weighted by atomic mass is 16.5. The van der Waals surface area contributed by atoms with Crippen molar-refractivity contribution in [2.45, 2.75) is 31.9 Å². The van der Waals surface area contributed by atoms with Crippen LogP contribution in [0.5, 0.6) is 0 Å². The van der Waals surface area contributed by atoms with E-state index in [1.807, 2.05) is 6.07 Å². The molecule has 1 unspecified atom stereocenters. The summed E-state index contributed by atoms with van der Waals surface area (Å²) in [5.41, 5.74) is 6.89. The van der Waals surface area contributed by atoms with E-state index in [-0.39, 0.29) is 12.0 Å².